The number of rotatable bonds is 6. The Hall–Kier alpha value is -2.34. The summed E-state index contributed by atoms with van der Waals surface area (Å²) in [7, 11) is 0. The molecule has 0 radical (unpaired) electrons. The smallest absolute Gasteiger partial charge is 0.396 e. The lowest BCUT2D eigenvalue weighted by Crippen LogP contribution is -2.28. The topological polar surface area (TPSA) is 49.3 Å². The molecular weight excluding hydrogens is 319 g/mol. The zero-order chi connectivity index (χ0) is 17.6. The average Bonchev–Trinajstić information content (AvgIpc) is 2.58. The fraction of sp³-hybridized carbons (Fsp3) is 0.278. The van der Waals surface area contributed by atoms with Crippen molar-refractivity contribution in [3.8, 4) is 0 Å². The van der Waals surface area contributed by atoms with E-state index in [1.807, 2.05) is 30.3 Å². The van der Waals surface area contributed by atoms with E-state index in [0.29, 0.717) is 12.8 Å². The Balaban J connectivity index is 2.12. The monoisotopic (exact) mass is 337 g/mol. The second-order valence-electron chi connectivity index (χ2n) is 5.38. The van der Waals surface area contributed by atoms with Gasteiger partial charge >= 0.3 is 6.18 Å². The first-order valence-electron chi connectivity index (χ1n) is 7.55. The number of halogens is 3. The van der Waals surface area contributed by atoms with E-state index in [-0.39, 0.29) is 18.2 Å². The van der Waals surface area contributed by atoms with Gasteiger partial charge in [0.15, 0.2) is 0 Å². The molecule has 1 atom stereocenters. The van der Waals surface area contributed by atoms with Crippen LogP contribution in [0, 0.1) is 0 Å². The van der Waals surface area contributed by atoms with Gasteiger partial charge in [0.25, 0.3) is 5.91 Å². The lowest BCUT2D eigenvalue weighted by Gasteiger charge is -2.19. The van der Waals surface area contributed by atoms with Crippen molar-refractivity contribution >= 4 is 5.91 Å². The fourth-order valence-corrected chi connectivity index (χ4v) is 2.36. The molecule has 24 heavy (non-hydrogen) atoms. The summed E-state index contributed by atoms with van der Waals surface area (Å²) in [5, 5.41) is 11.8. The molecule has 0 bridgehead atoms. The van der Waals surface area contributed by atoms with Gasteiger partial charge in [0.2, 0.25) is 0 Å². The molecule has 3 nitrogen and oxygen atoms in total. The summed E-state index contributed by atoms with van der Waals surface area (Å²) in [6.07, 6.45) is -3.39. The normalized spacial score (nSPS) is 12.7. The van der Waals surface area contributed by atoms with E-state index < -0.39 is 17.6 Å². The van der Waals surface area contributed by atoms with Gasteiger partial charge in [-0.15, -0.1) is 0 Å². The van der Waals surface area contributed by atoms with Crippen molar-refractivity contribution in [2.24, 2.45) is 0 Å². The highest BCUT2D eigenvalue weighted by Crippen LogP contribution is 2.29. The van der Waals surface area contributed by atoms with Crippen molar-refractivity contribution in [1.29, 1.82) is 0 Å². The summed E-state index contributed by atoms with van der Waals surface area (Å²) in [4.78, 5) is 12.3. The summed E-state index contributed by atoms with van der Waals surface area (Å²) in [5.41, 5.74) is 0.248. The van der Waals surface area contributed by atoms with Crippen LogP contribution in [0.25, 0.3) is 0 Å². The highest BCUT2D eigenvalue weighted by atomic mass is 19.4. The molecule has 0 fully saturated rings. The first-order valence-corrected chi connectivity index (χ1v) is 7.55. The number of benzene rings is 2. The third-order valence-corrected chi connectivity index (χ3v) is 3.63. The highest BCUT2D eigenvalue weighted by Gasteiger charge is 2.30. The van der Waals surface area contributed by atoms with Crippen molar-refractivity contribution in [2.45, 2.75) is 25.1 Å². The maximum absolute atomic E-state index is 12.6. The summed E-state index contributed by atoms with van der Waals surface area (Å²) >= 11 is 0. The molecule has 1 amide bonds. The Kier molecular flexibility index (Phi) is 5.98. The van der Waals surface area contributed by atoms with E-state index >= 15 is 0 Å². The predicted molar refractivity (Wildman–Crippen MR) is 84.4 cm³/mol. The number of nitrogens with one attached hydrogen (secondary N) is 1. The average molecular weight is 337 g/mol. The molecule has 0 saturated carbocycles. The van der Waals surface area contributed by atoms with Gasteiger partial charge in [-0.1, -0.05) is 30.3 Å². The van der Waals surface area contributed by atoms with Gasteiger partial charge < -0.3 is 10.4 Å². The van der Waals surface area contributed by atoms with Gasteiger partial charge in [0, 0.05) is 12.2 Å². The number of amides is 1. The molecule has 128 valence electrons. The summed E-state index contributed by atoms with van der Waals surface area (Å²) < 4.78 is 37.7. The first-order chi connectivity index (χ1) is 11.4. The van der Waals surface area contributed by atoms with Crippen LogP contribution in [0.15, 0.2) is 54.6 Å². The minimum Gasteiger partial charge on any atom is -0.396 e. The van der Waals surface area contributed by atoms with Crippen molar-refractivity contribution in [3.63, 3.8) is 0 Å². The number of carbonyl (C=O) groups is 1. The first kappa shape index (κ1) is 18.0. The number of hydrogen-bond donors (Lipinski definition) is 2. The van der Waals surface area contributed by atoms with Crippen molar-refractivity contribution in [3.05, 3.63) is 71.3 Å². The van der Waals surface area contributed by atoms with E-state index in [9.17, 15) is 18.0 Å². The van der Waals surface area contributed by atoms with Crippen LogP contribution in [0.4, 0.5) is 13.2 Å². The summed E-state index contributed by atoms with van der Waals surface area (Å²) in [6.45, 7) is -0.000512. The van der Waals surface area contributed by atoms with Crippen molar-refractivity contribution in [1.82, 2.24) is 5.32 Å². The number of alkyl halides is 3. The molecule has 2 aromatic rings. The van der Waals surface area contributed by atoms with E-state index in [2.05, 4.69) is 5.32 Å². The Bertz CT molecular complexity index is 654. The van der Waals surface area contributed by atoms with Gasteiger partial charge in [-0.25, -0.2) is 0 Å². The van der Waals surface area contributed by atoms with Crippen molar-refractivity contribution in [2.75, 3.05) is 6.61 Å². The van der Waals surface area contributed by atoms with Gasteiger partial charge in [0.1, 0.15) is 0 Å². The Morgan fingerprint density at radius 3 is 2.21 bits per heavy atom. The number of carbonyl (C=O) groups excluding carboxylic acids is 1. The predicted octanol–water partition coefficient (Wildman–Crippen LogP) is 3.95. The third-order valence-electron chi connectivity index (χ3n) is 3.63. The van der Waals surface area contributed by atoms with Crippen LogP contribution in [0.2, 0.25) is 0 Å². The number of aliphatic hydroxyl groups excluding tert-OH is 1. The SMILES string of the molecule is O=C(NC(CCCO)c1ccccc1)c1ccc(C(F)(F)F)cc1. The third kappa shape index (κ3) is 4.83. The molecule has 0 aromatic heterocycles. The van der Waals surface area contributed by atoms with Gasteiger partial charge in [-0.2, -0.15) is 13.2 Å². The molecular formula is C18H18F3NO2. The number of hydrogen-bond acceptors (Lipinski definition) is 2. The van der Waals surface area contributed by atoms with Crippen LogP contribution in [0.1, 0.15) is 40.4 Å². The summed E-state index contributed by atoms with van der Waals surface area (Å²) in [5.74, 6) is -0.449. The minimum absolute atomic E-state index is 0.000512. The lowest BCUT2D eigenvalue weighted by molar-refractivity contribution is -0.137. The molecule has 0 aliphatic rings. The highest BCUT2D eigenvalue weighted by molar-refractivity contribution is 5.94. The molecule has 2 aromatic carbocycles. The fourth-order valence-electron chi connectivity index (χ4n) is 2.36. The van der Waals surface area contributed by atoms with Crippen LogP contribution in [-0.2, 0) is 6.18 Å². The maximum atomic E-state index is 12.6. The second-order valence-corrected chi connectivity index (χ2v) is 5.38. The van der Waals surface area contributed by atoms with Crippen LogP contribution < -0.4 is 5.32 Å². The Morgan fingerprint density at radius 2 is 1.67 bits per heavy atom. The van der Waals surface area contributed by atoms with Gasteiger partial charge in [-0.05, 0) is 42.7 Å². The van der Waals surface area contributed by atoms with Crippen LogP contribution in [0.5, 0.6) is 0 Å². The molecule has 0 saturated heterocycles. The van der Waals surface area contributed by atoms with E-state index in [1.54, 1.807) is 0 Å². The quantitative estimate of drug-likeness (QED) is 0.838. The zero-order valence-electron chi connectivity index (χ0n) is 12.9. The van der Waals surface area contributed by atoms with Gasteiger partial charge in [0.05, 0.1) is 11.6 Å². The van der Waals surface area contributed by atoms with E-state index in [1.165, 1.54) is 0 Å². The lowest BCUT2D eigenvalue weighted by atomic mass is 10.0. The van der Waals surface area contributed by atoms with Crippen LogP contribution in [0.3, 0.4) is 0 Å². The standard InChI is InChI=1S/C18H18F3NO2/c19-18(20,21)15-10-8-14(9-11-15)17(24)22-16(7-4-12-23)13-5-2-1-3-6-13/h1-3,5-6,8-11,16,23H,4,7,12H2,(H,22,24). The molecule has 6 heteroatoms. The van der Waals surface area contributed by atoms with Crippen LogP contribution in [-0.4, -0.2) is 17.6 Å². The maximum Gasteiger partial charge on any atom is 0.416 e. The summed E-state index contributed by atoms with van der Waals surface area (Å²) in [6, 6.07) is 13.0. The molecule has 0 heterocycles. The molecule has 2 N–H and O–H groups in total. The largest absolute Gasteiger partial charge is 0.416 e. The Morgan fingerprint density at radius 1 is 1.04 bits per heavy atom. The van der Waals surface area contributed by atoms with E-state index in [4.69, 9.17) is 5.11 Å². The number of aliphatic hydroxyl groups is 1. The molecule has 2 rings (SSSR count). The Labute approximate surface area is 138 Å². The second kappa shape index (κ2) is 7.97. The molecule has 0 aliphatic heterocycles. The molecule has 0 aliphatic carbocycles. The van der Waals surface area contributed by atoms with E-state index in [0.717, 1.165) is 29.8 Å². The molecule has 1 unspecified atom stereocenters. The van der Waals surface area contributed by atoms with Crippen molar-refractivity contribution < 1.29 is 23.1 Å². The van der Waals surface area contributed by atoms with Gasteiger partial charge in [-0.3, -0.25) is 4.79 Å². The van der Waals surface area contributed by atoms with Crippen LogP contribution >= 0.6 is 0 Å². The zero-order valence-corrected chi connectivity index (χ0v) is 12.9. The molecule has 0 spiro atoms. The minimum atomic E-state index is -4.43.